The van der Waals surface area contributed by atoms with Crippen molar-refractivity contribution in [3.63, 3.8) is 0 Å². The van der Waals surface area contributed by atoms with E-state index in [0.717, 1.165) is 50.0 Å². The second-order valence-electron chi connectivity index (χ2n) is 7.60. The molecule has 0 saturated heterocycles. The number of hydrogen-bond donors (Lipinski definition) is 2. The SMILES string of the molecule is CN=C(NCCCC(C)(C)C)NC1CCc2nc(COC)nn2C1.I. The largest absolute Gasteiger partial charge is 0.377 e. The lowest BCUT2D eigenvalue weighted by molar-refractivity contribution is 0.177. The van der Waals surface area contributed by atoms with Gasteiger partial charge in [0.05, 0.1) is 6.54 Å². The Balaban J connectivity index is 0.00000312. The van der Waals surface area contributed by atoms with E-state index < -0.39 is 0 Å². The second-order valence-corrected chi connectivity index (χ2v) is 7.60. The molecule has 2 heterocycles. The summed E-state index contributed by atoms with van der Waals surface area (Å²) in [6, 6.07) is 0.323. The Kier molecular flexibility index (Phi) is 9.12. The smallest absolute Gasteiger partial charge is 0.191 e. The highest BCUT2D eigenvalue weighted by molar-refractivity contribution is 14.0. The van der Waals surface area contributed by atoms with E-state index in [-0.39, 0.29) is 24.0 Å². The number of fused-ring (bicyclic) bond motifs is 1. The molecule has 144 valence electrons. The molecule has 0 aromatic carbocycles. The van der Waals surface area contributed by atoms with Crippen molar-refractivity contribution in [3.05, 3.63) is 11.6 Å². The summed E-state index contributed by atoms with van der Waals surface area (Å²) in [6.07, 6.45) is 4.30. The predicted octanol–water partition coefficient (Wildman–Crippen LogP) is 2.35. The van der Waals surface area contributed by atoms with Gasteiger partial charge in [-0.05, 0) is 24.7 Å². The lowest BCUT2D eigenvalue weighted by Gasteiger charge is -2.25. The number of nitrogens with zero attached hydrogens (tertiary/aromatic N) is 4. The Labute approximate surface area is 168 Å². The number of aliphatic imine (C=N–C) groups is 1. The van der Waals surface area contributed by atoms with Crippen molar-refractivity contribution in [1.82, 2.24) is 25.4 Å². The molecule has 2 N–H and O–H groups in total. The van der Waals surface area contributed by atoms with Gasteiger partial charge in [-0.15, -0.1) is 24.0 Å². The third-order valence-corrected chi connectivity index (χ3v) is 4.14. The van der Waals surface area contributed by atoms with E-state index >= 15 is 0 Å². The van der Waals surface area contributed by atoms with Crippen molar-refractivity contribution >= 4 is 29.9 Å². The summed E-state index contributed by atoms with van der Waals surface area (Å²) in [5, 5.41) is 11.4. The normalized spacial score (nSPS) is 17.6. The lowest BCUT2D eigenvalue weighted by Crippen LogP contribution is -2.47. The first-order valence-corrected chi connectivity index (χ1v) is 8.80. The number of rotatable bonds is 6. The third-order valence-electron chi connectivity index (χ3n) is 4.14. The van der Waals surface area contributed by atoms with Crippen molar-refractivity contribution in [2.75, 3.05) is 20.7 Å². The highest BCUT2D eigenvalue weighted by Crippen LogP contribution is 2.19. The van der Waals surface area contributed by atoms with Gasteiger partial charge in [0, 0.05) is 33.2 Å². The monoisotopic (exact) mass is 464 g/mol. The van der Waals surface area contributed by atoms with Gasteiger partial charge in [0.25, 0.3) is 0 Å². The molecular formula is C17H33IN6O. The van der Waals surface area contributed by atoms with Crippen LogP contribution in [0.1, 0.15) is 51.7 Å². The van der Waals surface area contributed by atoms with E-state index in [1.54, 1.807) is 7.11 Å². The summed E-state index contributed by atoms with van der Waals surface area (Å²) < 4.78 is 7.10. The van der Waals surface area contributed by atoms with E-state index in [0.29, 0.717) is 18.1 Å². The van der Waals surface area contributed by atoms with Crippen LogP contribution < -0.4 is 10.6 Å². The Morgan fingerprint density at radius 3 is 2.80 bits per heavy atom. The first kappa shape index (κ1) is 22.1. The van der Waals surface area contributed by atoms with E-state index in [2.05, 4.69) is 46.5 Å². The number of halogens is 1. The zero-order chi connectivity index (χ0) is 17.6. The summed E-state index contributed by atoms with van der Waals surface area (Å²) in [5.41, 5.74) is 0.380. The Morgan fingerprint density at radius 1 is 1.40 bits per heavy atom. The number of methoxy groups -OCH3 is 1. The standard InChI is InChI=1S/C17H32N6O.HI/c1-17(2,3)9-6-10-19-16(18-4)20-13-7-8-15-21-14(12-24-5)22-23(15)11-13;/h13H,6-12H2,1-5H3,(H2,18,19,20);1H. The first-order valence-electron chi connectivity index (χ1n) is 8.80. The maximum atomic E-state index is 5.11. The van der Waals surface area contributed by atoms with Crippen LogP contribution in [0.4, 0.5) is 0 Å². The molecule has 1 aliphatic heterocycles. The minimum atomic E-state index is 0. The van der Waals surface area contributed by atoms with Crippen LogP contribution in [0.3, 0.4) is 0 Å². The minimum Gasteiger partial charge on any atom is -0.377 e. The van der Waals surface area contributed by atoms with E-state index in [9.17, 15) is 0 Å². The number of hydrogen-bond acceptors (Lipinski definition) is 4. The van der Waals surface area contributed by atoms with Crippen LogP contribution in [0.2, 0.25) is 0 Å². The number of nitrogens with one attached hydrogen (secondary N) is 2. The van der Waals surface area contributed by atoms with Gasteiger partial charge in [0.15, 0.2) is 11.8 Å². The maximum Gasteiger partial charge on any atom is 0.191 e. The first-order chi connectivity index (χ1) is 11.4. The molecule has 0 bridgehead atoms. The maximum absolute atomic E-state index is 5.11. The fraction of sp³-hybridized carbons (Fsp3) is 0.824. The molecule has 2 rings (SSSR count). The minimum absolute atomic E-state index is 0. The summed E-state index contributed by atoms with van der Waals surface area (Å²) in [6.45, 7) is 9.04. The van der Waals surface area contributed by atoms with Gasteiger partial charge in [0.1, 0.15) is 12.4 Å². The van der Waals surface area contributed by atoms with Gasteiger partial charge in [-0.1, -0.05) is 20.8 Å². The second kappa shape index (κ2) is 10.3. The molecule has 0 saturated carbocycles. The van der Waals surface area contributed by atoms with Crippen molar-refractivity contribution in [1.29, 1.82) is 0 Å². The van der Waals surface area contributed by atoms with Crippen molar-refractivity contribution in [2.24, 2.45) is 10.4 Å². The molecule has 1 unspecified atom stereocenters. The number of aryl methyl sites for hydroxylation is 1. The van der Waals surface area contributed by atoms with Crippen LogP contribution in [0.5, 0.6) is 0 Å². The summed E-state index contributed by atoms with van der Waals surface area (Å²) in [7, 11) is 3.49. The molecule has 0 amide bonds. The Morgan fingerprint density at radius 2 is 2.16 bits per heavy atom. The molecule has 8 heteroatoms. The molecule has 0 aliphatic carbocycles. The van der Waals surface area contributed by atoms with Crippen molar-refractivity contribution in [2.45, 2.75) is 65.6 Å². The van der Waals surface area contributed by atoms with E-state index in [1.807, 2.05) is 11.7 Å². The molecular weight excluding hydrogens is 431 g/mol. The van der Waals surface area contributed by atoms with Gasteiger partial charge in [-0.2, -0.15) is 5.10 Å². The Hall–Kier alpha value is -0.900. The van der Waals surface area contributed by atoms with E-state index in [1.165, 1.54) is 6.42 Å². The van der Waals surface area contributed by atoms with Gasteiger partial charge in [0.2, 0.25) is 0 Å². The molecule has 7 nitrogen and oxygen atoms in total. The van der Waals surface area contributed by atoms with Crippen LogP contribution in [-0.2, 0) is 24.3 Å². The van der Waals surface area contributed by atoms with Gasteiger partial charge in [-0.25, -0.2) is 9.67 Å². The van der Waals surface area contributed by atoms with Crippen LogP contribution in [0.15, 0.2) is 4.99 Å². The van der Waals surface area contributed by atoms with Gasteiger partial charge < -0.3 is 15.4 Å². The zero-order valence-electron chi connectivity index (χ0n) is 16.1. The van der Waals surface area contributed by atoms with Crippen molar-refractivity contribution < 1.29 is 4.74 Å². The molecule has 0 radical (unpaired) electrons. The van der Waals surface area contributed by atoms with Crippen LogP contribution in [-0.4, -0.2) is 47.5 Å². The van der Waals surface area contributed by atoms with E-state index in [4.69, 9.17) is 4.74 Å². The predicted molar refractivity (Wildman–Crippen MR) is 111 cm³/mol. The quantitative estimate of drug-likeness (QED) is 0.293. The fourth-order valence-corrected chi connectivity index (χ4v) is 2.88. The highest BCUT2D eigenvalue weighted by Gasteiger charge is 2.22. The fourth-order valence-electron chi connectivity index (χ4n) is 2.88. The molecule has 25 heavy (non-hydrogen) atoms. The summed E-state index contributed by atoms with van der Waals surface area (Å²) in [4.78, 5) is 8.85. The third kappa shape index (κ3) is 7.47. The number of ether oxygens (including phenoxy) is 1. The molecule has 1 aromatic rings. The van der Waals surface area contributed by atoms with Gasteiger partial charge >= 0.3 is 0 Å². The van der Waals surface area contributed by atoms with Crippen LogP contribution in [0, 0.1) is 5.41 Å². The molecule has 0 fully saturated rings. The van der Waals surface area contributed by atoms with Gasteiger partial charge in [-0.3, -0.25) is 4.99 Å². The molecule has 1 aliphatic rings. The Bertz CT molecular complexity index is 552. The molecule has 1 atom stereocenters. The van der Waals surface area contributed by atoms with Crippen LogP contribution >= 0.6 is 24.0 Å². The molecule has 0 spiro atoms. The lowest BCUT2D eigenvalue weighted by atomic mass is 9.91. The number of guanidine groups is 1. The topological polar surface area (TPSA) is 76.4 Å². The summed E-state index contributed by atoms with van der Waals surface area (Å²) >= 11 is 0. The average molecular weight is 464 g/mol. The van der Waals surface area contributed by atoms with Crippen molar-refractivity contribution in [3.8, 4) is 0 Å². The highest BCUT2D eigenvalue weighted by atomic mass is 127. The molecule has 1 aromatic heterocycles. The zero-order valence-corrected chi connectivity index (χ0v) is 18.5. The van der Waals surface area contributed by atoms with Crippen LogP contribution in [0.25, 0.3) is 0 Å². The summed E-state index contributed by atoms with van der Waals surface area (Å²) in [5.74, 6) is 2.68. The number of aromatic nitrogens is 3. The average Bonchev–Trinajstić information content (AvgIpc) is 2.91.